The van der Waals surface area contributed by atoms with Crippen molar-refractivity contribution >= 4 is 29.9 Å². The number of carboxylic acid groups (broad SMARTS) is 1. The number of carboxylic acids is 1. The van der Waals surface area contributed by atoms with Crippen molar-refractivity contribution in [1.82, 2.24) is 9.80 Å². The summed E-state index contributed by atoms with van der Waals surface area (Å²) in [5.41, 5.74) is -1.09. The summed E-state index contributed by atoms with van der Waals surface area (Å²) in [6.07, 6.45) is 1.71. The minimum atomic E-state index is -0.840. The van der Waals surface area contributed by atoms with Gasteiger partial charge < -0.3 is 29.1 Å². The van der Waals surface area contributed by atoms with Gasteiger partial charge in [-0.3, -0.25) is 14.4 Å². The summed E-state index contributed by atoms with van der Waals surface area (Å²) in [4.78, 5) is 60.6. The van der Waals surface area contributed by atoms with Gasteiger partial charge in [0, 0.05) is 32.1 Å². The summed E-state index contributed by atoms with van der Waals surface area (Å²) >= 11 is 0. The summed E-state index contributed by atoms with van der Waals surface area (Å²) in [6, 6.07) is 0. The zero-order chi connectivity index (χ0) is 27.7. The number of hydrogen-bond acceptors (Lipinski definition) is 8. The second kappa shape index (κ2) is 13.5. The molecule has 2 saturated heterocycles. The van der Waals surface area contributed by atoms with E-state index in [9.17, 15) is 24.0 Å². The van der Waals surface area contributed by atoms with Gasteiger partial charge in [-0.25, -0.2) is 9.59 Å². The Morgan fingerprint density at radius 1 is 0.778 bits per heavy atom. The molecule has 206 valence electrons. The van der Waals surface area contributed by atoms with Crippen LogP contribution in [-0.4, -0.2) is 89.3 Å². The van der Waals surface area contributed by atoms with E-state index in [1.807, 2.05) is 0 Å². The van der Waals surface area contributed by atoms with Crippen LogP contribution in [0.4, 0.5) is 9.59 Å². The fourth-order valence-corrected chi connectivity index (χ4v) is 3.76. The number of hydrogen-bond donors (Lipinski definition) is 1. The highest BCUT2D eigenvalue weighted by molar-refractivity contribution is 5.97. The first-order valence-electron chi connectivity index (χ1n) is 12.3. The fourth-order valence-electron chi connectivity index (χ4n) is 3.76. The van der Waals surface area contributed by atoms with Crippen molar-refractivity contribution in [1.29, 1.82) is 0 Å². The molecule has 0 aromatic rings. The molecule has 2 atom stereocenters. The Kier molecular flexibility index (Phi) is 11.7. The number of aliphatic carboxylic acids is 1. The number of amides is 2. The van der Waals surface area contributed by atoms with Gasteiger partial charge in [-0.05, 0) is 67.2 Å². The summed E-state index contributed by atoms with van der Waals surface area (Å²) < 4.78 is 15.0. The molecule has 11 nitrogen and oxygen atoms in total. The van der Waals surface area contributed by atoms with E-state index in [0.717, 1.165) is 12.8 Å². The smallest absolute Gasteiger partial charge is 0.410 e. The van der Waals surface area contributed by atoms with Crippen molar-refractivity contribution in [3.05, 3.63) is 0 Å². The van der Waals surface area contributed by atoms with E-state index in [-0.39, 0.29) is 24.7 Å². The van der Waals surface area contributed by atoms with E-state index in [1.165, 1.54) is 16.9 Å². The van der Waals surface area contributed by atoms with Gasteiger partial charge in [0.25, 0.3) is 0 Å². The number of methoxy groups -OCH3 is 1. The third-order valence-electron chi connectivity index (χ3n) is 5.50. The maximum Gasteiger partial charge on any atom is 0.410 e. The molecule has 11 heteroatoms. The molecule has 2 fully saturated rings. The minimum absolute atomic E-state index is 0.176. The van der Waals surface area contributed by atoms with E-state index >= 15 is 0 Å². The van der Waals surface area contributed by atoms with Crippen LogP contribution in [0.25, 0.3) is 0 Å². The number of Topliss-reactive ketones (excluding diaryl/α,β-unsaturated/α-hetero) is 1. The van der Waals surface area contributed by atoms with Crippen LogP contribution in [-0.2, 0) is 28.6 Å². The molecule has 2 aliphatic rings. The van der Waals surface area contributed by atoms with Crippen LogP contribution < -0.4 is 0 Å². The summed E-state index contributed by atoms with van der Waals surface area (Å²) in [6.45, 7) is 12.5. The molecule has 2 amide bonds. The summed E-state index contributed by atoms with van der Waals surface area (Å²) in [5.74, 6) is -2.32. The first-order valence-corrected chi connectivity index (χ1v) is 12.3. The lowest BCUT2D eigenvalue weighted by molar-refractivity contribution is -0.145. The van der Waals surface area contributed by atoms with Crippen molar-refractivity contribution in [2.24, 2.45) is 11.8 Å². The molecular formula is C25H42N2O9. The van der Waals surface area contributed by atoms with Gasteiger partial charge in [-0.15, -0.1) is 0 Å². The van der Waals surface area contributed by atoms with Crippen LogP contribution in [0.15, 0.2) is 0 Å². The number of carbonyl (C=O) groups excluding carboxylic acids is 4. The molecule has 0 aliphatic carbocycles. The number of ketones is 1. The first-order chi connectivity index (χ1) is 16.5. The van der Waals surface area contributed by atoms with Crippen molar-refractivity contribution in [3.63, 3.8) is 0 Å². The molecule has 2 rings (SSSR count). The minimum Gasteiger partial charge on any atom is -0.481 e. The molecule has 0 aromatic heterocycles. The summed E-state index contributed by atoms with van der Waals surface area (Å²) in [7, 11) is 1.25. The Bertz CT molecular complexity index is 798. The van der Waals surface area contributed by atoms with Gasteiger partial charge in [0.1, 0.15) is 23.4 Å². The number of rotatable bonds is 4. The average molecular weight is 515 g/mol. The highest BCUT2D eigenvalue weighted by Crippen LogP contribution is 2.21. The topological polar surface area (TPSA) is 140 Å². The molecule has 0 bridgehead atoms. The predicted octanol–water partition coefficient (Wildman–Crippen LogP) is 3.48. The molecule has 36 heavy (non-hydrogen) atoms. The molecular weight excluding hydrogens is 472 g/mol. The lowest BCUT2D eigenvalue weighted by Crippen LogP contribution is -2.44. The molecule has 0 radical (unpaired) electrons. The van der Waals surface area contributed by atoms with E-state index < -0.39 is 41.2 Å². The molecule has 2 aliphatic heterocycles. The quantitative estimate of drug-likeness (QED) is 0.339. The highest BCUT2D eigenvalue weighted by atomic mass is 16.6. The fraction of sp³-hybridized carbons (Fsp3) is 0.800. The van der Waals surface area contributed by atoms with E-state index in [4.69, 9.17) is 14.6 Å². The average Bonchev–Trinajstić information content (AvgIpc) is 2.77. The second-order valence-electron chi connectivity index (χ2n) is 11.1. The van der Waals surface area contributed by atoms with Crippen molar-refractivity contribution < 1.29 is 43.3 Å². The summed E-state index contributed by atoms with van der Waals surface area (Å²) in [5, 5.41) is 8.89. The van der Waals surface area contributed by atoms with Crippen LogP contribution in [0.3, 0.4) is 0 Å². The highest BCUT2D eigenvalue weighted by Gasteiger charge is 2.32. The molecule has 0 saturated carbocycles. The zero-order valence-electron chi connectivity index (χ0n) is 22.6. The SMILES string of the molecule is CC(C)(C)OC(=O)N1CCCC(C(=O)O)C1.COC(=O)CC(=O)C1CCCN(C(=O)OC(C)(C)C)C1. The van der Waals surface area contributed by atoms with Crippen LogP contribution in [0.5, 0.6) is 0 Å². The lowest BCUT2D eigenvalue weighted by Gasteiger charge is -2.33. The van der Waals surface area contributed by atoms with Gasteiger partial charge in [-0.1, -0.05) is 0 Å². The van der Waals surface area contributed by atoms with Crippen LogP contribution in [0, 0.1) is 11.8 Å². The van der Waals surface area contributed by atoms with Crippen LogP contribution in [0.1, 0.15) is 73.6 Å². The number of esters is 1. The second-order valence-corrected chi connectivity index (χ2v) is 11.1. The number of ether oxygens (including phenoxy) is 3. The molecule has 2 heterocycles. The maximum absolute atomic E-state index is 12.0. The standard InChI is InChI=1S/C14H23NO5.C11H19NO4/c1-14(2,3)20-13(18)15-7-5-6-10(9-15)11(16)8-12(17)19-4;1-11(2,3)16-10(15)12-6-4-5-8(7-12)9(13)14/h10H,5-9H2,1-4H3;8H,4-7H2,1-3H3,(H,13,14). The van der Waals surface area contributed by atoms with Crippen molar-refractivity contribution in [2.75, 3.05) is 33.3 Å². The largest absolute Gasteiger partial charge is 0.481 e. The molecule has 0 aromatic carbocycles. The third kappa shape index (κ3) is 11.7. The van der Waals surface area contributed by atoms with Gasteiger partial charge >= 0.3 is 24.1 Å². The Balaban J connectivity index is 0.000000369. The maximum atomic E-state index is 12.0. The Morgan fingerprint density at radius 3 is 1.58 bits per heavy atom. The Morgan fingerprint density at radius 2 is 1.19 bits per heavy atom. The van der Waals surface area contributed by atoms with E-state index in [0.29, 0.717) is 32.5 Å². The lowest BCUT2D eigenvalue weighted by atomic mass is 9.92. The monoisotopic (exact) mass is 514 g/mol. The molecule has 1 N–H and O–H groups in total. The van der Waals surface area contributed by atoms with E-state index in [1.54, 1.807) is 41.5 Å². The van der Waals surface area contributed by atoms with Gasteiger partial charge in [-0.2, -0.15) is 0 Å². The molecule has 0 spiro atoms. The van der Waals surface area contributed by atoms with Gasteiger partial charge in [0.2, 0.25) is 0 Å². The number of piperidine rings is 2. The number of nitrogens with zero attached hydrogens (tertiary/aromatic N) is 2. The first kappa shape index (κ1) is 31.2. The Hall–Kier alpha value is -2.85. The van der Waals surface area contributed by atoms with Gasteiger partial charge in [0.15, 0.2) is 0 Å². The van der Waals surface area contributed by atoms with Crippen molar-refractivity contribution in [2.45, 2.75) is 84.8 Å². The molecule has 2 unspecified atom stereocenters. The number of likely N-dealkylation sites (tertiary alicyclic amines) is 2. The predicted molar refractivity (Wildman–Crippen MR) is 130 cm³/mol. The van der Waals surface area contributed by atoms with Gasteiger partial charge in [0.05, 0.1) is 13.0 Å². The number of carbonyl (C=O) groups is 5. The van der Waals surface area contributed by atoms with Crippen LogP contribution in [0.2, 0.25) is 0 Å². The van der Waals surface area contributed by atoms with E-state index in [2.05, 4.69) is 4.74 Å². The Labute approximate surface area is 213 Å². The normalized spacial score (nSPS) is 20.4. The zero-order valence-corrected chi connectivity index (χ0v) is 22.6. The third-order valence-corrected chi connectivity index (χ3v) is 5.50. The van der Waals surface area contributed by atoms with Crippen LogP contribution >= 0.6 is 0 Å². The van der Waals surface area contributed by atoms with Crippen molar-refractivity contribution in [3.8, 4) is 0 Å².